The lowest BCUT2D eigenvalue weighted by atomic mass is 10.1. The van der Waals surface area contributed by atoms with E-state index in [9.17, 15) is 13.2 Å². The van der Waals surface area contributed by atoms with Crippen LogP contribution in [0.3, 0.4) is 0 Å². The lowest BCUT2D eigenvalue weighted by Crippen LogP contribution is -2.41. The van der Waals surface area contributed by atoms with E-state index >= 15 is 0 Å². The van der Waals surface area contributed by atoms with E-state index in [1.807, 2.05) is 19.1 Å². The summed E-state index contributed by atoms with van der Waals surface area (Å²) in [6.45, 7) is 2.17. The van der Waals surface area contributed by atoms with Crippen molar-refractivity contribution in [2.24, 2.45) is 0 Å². The van der Waals surface area contributed by atoms with Crippen LogP contribution in [0.1, 0.15) is 17.5 Å². The number of benzene rings is 3. The van der Waals surface area contributed by atoms with Crippen LogP contribution < -0.4 is 9.62 Å². The molecule has 0 aliphatic carbocycles. The summed E-state index contributed by atoms with van der Waals surface area (Å²) in [6.07, 6.45) is 1.60. The van der Waals surface area contributed by atoms with E-state index in [0.717, 1.165) is 17.1 Å². The van der Waals surface area contributed by atoms with Crippen LogP contribution in [0.5, 0.6) is 0 Å². The number of anilines is 1. The van der Waals surface area contributed by atoms with Crippen molar-refractivity contribution in [3.8, 4) is 0 Å². The number of rotatable bonds is 9. The Morgan fingerprint density at radius 3 is 2.42 bits per heavy atom. The molecule has 0 aliphatic heterocycles. The van der Waals surface area contributed by atoms with Crippen molar-refractivity contribution >= 4 is 33.2 Å². The highest BCUT2D eigenvalue weighted by atomic mass is 35.5. The predicted octanol–water partition coefficient (Wildman–Crippen LogP) is 4.59. The molecule has 1 amide bonds. The Kier molecular flexibility index (Phi) is 7.71. The van der Waals surface area contributed by atoms with E-state index in [-0.39, 0.29) is 17.3 Å². The molecule has 0 saturated heterocycles. The number of halogens is 1. The maximum Gasteiger partial charge on any atom is 0.264 e. The van der Waals surface area contributed by atoms with Gasteiger partial charge in [-0.05, 0) is 55.7 Å². The van der Waals surface area contributed by atoms with Gasteiger partial charge in [0, 0.05) is 11.6 Å². The van der Waals surface area contributed by atoms with E-state index in [1.54, 1.807) is 36.4 Å². The van der Waals surface area contributed by atoms with Crippen molar-refractivity contribution in [3.63, 3.8) is 0 Å². The van der Waals surface area contributed by atoms with Crippen LogP contribution >= 0.6 is 11.6 Å². The van der Waals surface area contributed by atoms with Gasteiger partial charge in [0.15, 0.2) is 0 Å². The minimum Gasteiger partial charge on any atom is -0.355 e. The van der Waals surface area contributed by atoms with Crippen LogP contribution in [0, 0.1) is 6.92 Å². The highest BCUT2D eigenvalue weighted by molar-refractivity contribution is 7.92. The van der Waals surface area contributed by atoms with Crippen LogP contribution in [0.25, 0.3) is 0 Å². The van der Waals surface area contributed by atoms with Crippen LogP contribution in [0.2, 0.25) is 5.02 Å². The van der Waals surface area contributed by atoms with E-state index in [2.05, 4.69) is 17.4 Å². The molecule has 0 unspecified atom stereocenters. The van der Waals surface area contributed by atoms with Gasteiger partial charge in [-0.1, -0.05) is 65.7 Å². The van der Waals surface area contributed by atoms with Gasteiger partial charge in [0.2, 0.25) is 5.91 Å². The first-order valence-electron chi connectivity index (χ1n) is 10.0. The lowest BCUT2D eigenvalue weighted by molar-refractivity contribution is -0.119. The normalized spacial score (nSPS) is 11.2. The maximum atomic E-state index is 13.2. The van der Waals surface area contributed by atoms with Crippen LogP contribution in [0.4, 0.5) is 5.69 Å². The summed E-state index contributed by atoms with van der Waals surface area (Å²) < 4.78 is 27.5. The van der Waals surface area contributed by atoms with Crippen molar-refractivity contribution in [1.82, 2.24) is 5.32 Å². The number of nitrogens with one attached hydrogen (secondary N) is 1. The van der Waals surface area contributed by atoms with E-state index < -0.39 is 10.0 Å². The first-order chi connectivity index (χ1) is 14.9. The molecule has 0 atom stereocenters. The fourth-order valence-corrected chi connectivity index (χ4v) is 4.86. The molecular weight excluding hydrogens is 432 g/mol. The highest BCUT2D eigenvalue weighted by Gasteiger charge is 2.27. The minimum atomic E-state index is -3.93. The average Bonchev–Trinajstić information content (AvgIpc) is 2.75. The molecule has 1 N–H and O–H groups in total. The Labute approximate surface area is 188 Å². The number of aryl methyl sites for hydroxylation is 2. The van der Waals surface area contributed by atoms with Gasteiger partial charge in [-0.25, -0.2) is 8.42 Å². The smallest absolute Gasteiger partial charge is 0.264 e. The zero-order chi connectivity index (χ0) is 22.3. The zero-order valence-corrected chi connectivity index (χ0v) is 18.9. The second-order valence-corrected chi connectivity index (χ2v) is 9.55. The van der Waals surface area contributed by atoms with Gasteiger partial charge < -0.3 is 5.32 Å². The van der Waals surface area contributed by atoms with Crippen LogP contribution in [-0.4, -0.2) is 27.4 Å². The van der Waals surface area contributed by atoms with Crippen molar-refractivity contribution in [2.75, 3.05) is 17.4 Å². The van der Waals surface area contributed by atoms with Gasteiger partial charge >= 0.3 is 0 Å². The lowest BCUT2D eigenvalue weighted by Gasteiger charge is -2.24. The molecule has 3 rings (SSSR count). The molecule has 0 aliphatic rings. The molecule has 0 bridgehead atoms. The molecule has 162 valence electrons. The third kappa shape index (κ3) is 6.32. The summed E-state index contributed by atoms with van der Waals surface area (Å²) in [7, 11) is -3.93. The summed E-state index contributed by atoms with van der Waals surface area (Å²) in [6, 6.07) is 22.8. The summed E-state index contributed by atoms with van der Waals surface area (Å²) >= 11 is 6.07. The monoisotopic (exact) mass is 456 g/mol. The average molecular weight is 457 g/mol. The fraction of sp³-hybridized carbons (Fsp3) is 0.208. The van der Waals surface area contributed by atoms with Crippen molar-refractivity contribution in [1.29, 1.82) is 0 Å². The molecule has 3 aromatic rings. The highest BCUT2D eigenvalue weighted by Crippen LogP contribution is 2.25. The summed E-state index contributed by atoms with van der Waals surface area (Å²) in [5.74, 6) is -0.372. The van der Waals surface area contributed by atoms with E-state index in [1.165, 1.54) is 29.3 Å². The fourth-order valence-electron chi connectivity index (χ4n) is 3.24. The van der Waals surface area contributed by atoms with E-state index in [0.29, 0.717) is 17.3 Å². The Morgan fingerprint density at radius 1 is 0.968 bits per heavy atom. The number of carbonyl (C=O) groups is 1. The molecular formula is C24H25ClN2O3S. The predicted molar refractivity (Wildman–Crippen MR) is 125 cm³/mol. The third-order valence-corrected chi connectivity index (χ3v) is 6.78. The van der Waals surface area contributed by atoms with Crippen molar-refractivity contribution in [3.05, 3.63) is 95.0 Å². The van der Waals surface area contributed by atoms with Crippen molar-refractivity contribution in [2.45, 2.75) is 24.7 Å². The second kappa shape index (κ2) is 10.5. The number of sulfonamides is 1. The molecule has 3 aromatic carbocycles. The number of nitrogens with zero attached hydrogens (tertiary/aromatic N) is 1. The number of carbonyl (C=O) groups excluding carboxylic acids is 1. The first kappa shape index (κ1) is 22.8. The summed E-state index contributed by atoms with van der Waals surface area (Å²) in [5, 5.41) is 3.22. The largest absolute Gasteiger partial charge is 0.355 e. The Morgan fingerprint density at radius 2 is 1.71 bits per heavy atom. The minimum absolute atomic E-state index is 0.113. The van der Waals surface area contributed by atoms with Gasteiger partial charge in [-0.15, -0.1) is 0 Å². The number of hydrogen-bond acceptors (Lipinski definition) is 3. The van der Waals surface area contributed by atoms with Gasteiger partial charge in [0.1, 0.15) is 6.54 Å². The van der Waals surface area contributed by atoms with Gasteiger partial charge in [0.05, 0.1) is 10.6 Å². The molecule has 0 saturated carbocycles. The van der Waals surface area contributed by atoms with Crippen molar-refractivity contribution < 1.29 is 13.2 Å². The molecule has 0 fully saturated rings. The number of hydrogen-bond donors (Lipinski definition) is 1. The number of amides is 1. The topological polar surface area (TPSA) is 66.5 Å². The van der Waals surface area contributed by atoms with Crippen LogP contribution in [0.15, 0.2) is 83.8 Å². The molecule has 0 radical (unpaired) electrons. The third-order valence-electron chi connectivity index (χ3n) is 4.76. The second-order valence-electron chi connectivity index (χ2n) is 7.25. The molecule has 0 heterocycles. The van der Waals surface area contributed by atoms with Gasteiger partial charge in [0.25, 0.3) is 10.0 Å². The molecule has 7 heteroatoms. The quantitative estimate of drug-likeness (QED) is 0.479. The molecule has 31 heavy (non-hydrogen) atoms. The first-order valence-corrected chi connectivity index (χ1v) is 11.8. The molecule has 5 nitrogen and oxygen atoms in total. The maximum absolute atomic E-state index is 13.2. The zero-order valence-electron chi connectivity index (χ0n) is 17.3. The van der Waals surface area contributed by atoms with Gasteiger partial charge in [-0.3, -0.25) is 9.10 Å². The molecule has 0 spiro atoms. The van der Waals surface area contributed by atoms with Crippen LogP contribution in [-0.2, 0) is 21.2 Å². The Balaban J connectivity index is 1.69. The summed E-state index contributed by atoms with van der Waals surface area (Å²) in [4.78, 5) is 12.7. The van der Waals surface area contributed by atoms with E-state index in [4.69, 9.17) is 11.6 Å². The summed E-state index contributed by atoms with van der Waals surface area (Å²) in [5.41, 5.74) is 2.75. The Hall–Kier alpha value is -2.83. The standard InChI is InChI=1S/C24H25ClN2O3S/c1-19-8-5-9-20(16-19)10-7-15-26-24(28)18-27(22-12-6-11-21(25)17-22)31(29,30)23-13-3-2-4-14-23/h2-6,8-9,11-14,16-17H,7,10,15,18H2,1H3,(H,26,28). The SMILES string of the molecule is Cc1cccc(CCCNC(=O)CN(c2cccc(Cl)c2)S(=O)(=O)c2ccccc2)c1. The molecule has 0 aromatic heterocycles. The Bertz CT molecular complexity index is 1130. The van der Waals surface area contributed by atoms with Gasteiger partial charge in [-0.2, -0.15) is 0 Å².